The molecular formula is C22H22F4N4O4. The van der Waals surface area contributed by atoms with E-state index in [0.29, 0.717) is 17.9 Å². The molecule has 1 saturated heterocycles. The number of ether oxygens (including phenoxy) is 2. The third kappa shape index (κ3) is 5.73. The van der Waals surface area contributed by atoms with E-state index in [1.165, 1.54) is 24.4 Å². The lowest BCUT2D eigenvalue weighted by Gasteiger charge is -2.33. The molecule has 1 atom stereocenters. The van der Waals surface area contributed by atoms with Gasteiger partial charge in [-0.05, 0) is 31.2 Å². The van der Waals surface area contributed by atoms with E-state index in [0.717, 1.165) is 12.1 Å². The zero-order valence-corrected chi connectivity index (χ0v) is 18.1. The van der Waals surface area contributed by atoms with E-state index >= 15 is 0 Å². The quantitative estimate of drug-likeness (QED) is 0.562. The van der Waals surface area contributed by atoms with Crippen molar-refractivity contribution in [3.05, 3.63) is 59.0 Å². The SMILES string of the molecule is CCN(CCN(C(=O)O)C(c1cc(C2OCCO2)ccc1F)C(F)(F)F)c1ccc(C#N)cn1. The molecule has 1 fully saturated rings. The highest BCUT2D eigenvalue weighted by Gasteiger charge is 2.48. The summed E-state index contributed by atoms with van der Waals surface area (Å²) >= 11 is 0. The molecular weight excluding hydrogens is 460 g/mol. The average molecular weight is 482 g/mol. The number of nitriles is 1. The second-order valence-corrected chi connectivity index (χ2v) is 7.37. The van der Waals surface area contributed by atoms with Crippen molar-refractivity contribution in [2.24, 2.45) is 0 Å². The zero-order chi connectivity index (χ0) is 24.9. The van der Waals surface area contributed by atoms with Crippen LogP contribution in [-0.2, 0) is 9.47 Å². The molecule has 0 radical (unpaired) electrons. The predicted molar refractivity (Wildman–Crippen MR) is 111 cm³/mol. The summed E-state index contributed by atoms with van der Waals surface area (Å²) in [6, 6.07) is 5.17. The highest BCUT2D eigenvalue weighted by atomic mass is 19.4. The molecule has 2 heterocycles. The van der Waals surface area contributed by atoms with Gasteiger partial charge in [-0.15, -0.1) is 0 Å². The van der Waals surface area contributed by atoms with Crippen molar-refractivity contribution in [2.45, 2.75) is 25.4 Å². The summed E-state index contributed by atoms with van der Waals surface area (Å²) in [5.41, 5.74) is -0.383. The number of nitrogens with zero attached hydrogens (tertiary/aromatic N) is 4. The van der Waals surface area contributed by atoms with Gasteiger partial charge in [0.1, 0.15) is 17.7 Å². The Morgan fingerprint density at radius 3 is 2.50 bits per heavy atom. The standard InChI is InChI=1S/C22H22F4N4O4/c1-2-29(18-6-3-14(12-27)13-28-18)7-8-30(21(31)32)19(22(24,25)26)16-11-15(4-5-17(16)23)20-33-9-10-34-20/h3-6,11,13,19-20H,2,7-10H2,1H3,(H,31,32). The summed E-state index contributed by atoms with van der Waals surface area (Å²) in [4.78, 5) is 17.7. The number of alkyl halides is 3. The normalized spacial score (nSPS) is 15.1. The van der Waals surface area contributed by atoms with Gasteiger partial charge in [0, 0.05) is 37.0 Å². The van der Waals surface area contributed by atoms with Crippen LogP contribution in [0.3, 0.4) is 0 Å². The molecule has 1 amide bonds. The van der Waals surface area contributed by atoms with E-state index in [4.69, 9.17) is 14.7 Å². The monoisotopic (exact) mass is 482 g/mol. The van der Waals surface area contributed by atoms with Crippen molar-refractivity contribution < 1.29 is 36.9 Å². The first kappa shape index (κ1) is 25.2. The Morgan fingerprint density at radius 2 is 1.97 bits per heavy atom. The maximum atomic E-state index is 14.6. The van der Waals surface area contributed by atoms with Gasteiger partial charge in [-0.1, -0.05) is 6.07 Å². The van der Waals surface area contributed by atoms with Crippen molar-refractivity contribution in [3.8, 4) is 6.07 Å². The van der Waals surface area contributed by atoms with Crippen LogP contribution in [0, 0.1) is 17.1 Å². The van der Waals surface area contributed by atoms with Gasteiger partial charge in [0.25, 0.3) is 0 Å². The maximum absolute atomic E-state index is 14.6. The Hall–Kier alpha value is -3.43. The van der Waals surface area contributed by atoms with Crippen molar-refractivity contribution in [2.75, 3.05) is 37.7 Å². The minimum Gasteiger partial charge on any atom is -0.465 e. The number of pyridine rings is 1. The van der Waals surface area contributed by atoms with Crippen LogP contribution in [-0.4, -0.2) is 60.1 Å². The van der Waals surface area contributed by atoms with Crippen molar-refractivity contribution >= 4 is 11.9 Å². The van der Waals surface area contributed by atoms with Crippen LogP contribution < -0.4 is 4.90 Å². The van der Waals surface area contributed by atoms with E-state index in [1.54, 1.807) is 11.8 Å². The molecule has 1 unspecified atom stereocenters. The van der Waals surface area contributed by atoms with Gasteiger partial charge in [-0.2, -0.15) is 18.4 Å². The fraction of sp³-hybridized carbons (Fsp3) is 0.409. The third-order valence-corrected chi connectivity index (χ3v) is 5.27. The molecule has 3 rings (SSSR count). The van der Waals surface area contributed by atoms with E-state index in [-0.39, 0.29) is 30.2 Å². The van der Waals surface area contributed by atoms with Crippen LogP contribution in [0.4, 0.5) is 28.2 Å². The molecule has 0 bridgehead atoms. The highest BCUT2D eigenvalue weighted by molar-refractivity contribution is 5.66. The number of hydrogen-bond acceptors (Lipinski definition) is 6. The molecule has 1 aromatic carbocycles. The summed E-state index contributed by atoms with van der Waals surface area (Å²) in [7, 11) is 0. The Balaban J connectivity index is 1.90. The molecule has 2 aromatic rings. The molecule has 0 aliphatic carbocycles. The van der Waals surface area contributed by atoms with E-state index < -0.39 is 42.5 Å². The van der Waals surface area contributed by atoms with Gasteiger partial charge >= 0.3 is 12.3 Å². The second kappa shape index (κ2) is 10.7. The zero-order valence-electron chi connectivity index (χ0n) is 18.1. The third-order valence-electron chi connectivity index (χ3n) is 5.27. The van der Waals surface area contributed by atoms with Gasteiger partial charge in [-0.3, -0.25) is 4.90 Å². The molecule has 1 aliphatic heterocycles. The van der Waals surface area contributed by atoms with Crippen LogP contribution in [0.25, 0.3) is 0 Å². The number of benzene rings is 1. The van der Waals surface area contributed by atoms with Crippen LogP contribution in [0.1, 0.15) is 35.9 Å². The Kier molecular flexibility index (Phi) is 7.90. The van der Waals surface area contributed by atoms with Gasteiger partial charge < -0.3 is 19.5 Å². The van der Waals surface area contributed by atoms with Crippen molar-refractivity contribution in [1.82, 2.24) is 9.88 Å². The maximum Gasteiger partial charge on any atom is 0.413 e. The first-order valence-electron chi connectivity index (χ1n) is 10.4. The Labute approximate surface area is 192 Å². The molecule has 0 spiro atoms. The average Bonchev–Trinajstić information content (AvgIpc) is 3.34. The lowest BCUT2D eigenvalue weighted by Crippen LogP contribution is -2.46. The number of carboxylic acid groups (broad SMARTS) is 1. The lowest BCUT2D eigenvalue weighted by atomic mass is 10.0. The van der Waals surface area contributed by atoms with Crippen LogP contribution in [0.2, 0.25) is 0 Å². The number of halogens is 4. The summed E-state index contributed by atoms with van der Waals surface area (Å²) in [5, 5.41) is 18.5. The number of amides is 1. The topological polar surface area (TPSA) is 98.9 Å². The number of likely N-dealkylation sites (N-methyl/N-ethyl adjacent to an activating group) is 1. The molecule has 0 saturated carbocycles. The minimum atomic E-state index is -5.10. The minimum absolute atomic E-state index is 0.148. The number of aromatic nitrogens is 1. The van der Waals surface area contributed by atoms with Crippen LogP contribution >= 0.6 is 0 Å². The number of anilines is 1. The first-order valence-corrected chi connectivity index (χ1v) is 10.4. The smallest absolute Gasteiger partial charge is 0.413 e. The van der Waals surface area contributed by atoms with Crippen LogP contribution in [0.5, 0.6) is 0 Å². The van der Waals surface area contributed by atoms with E-state index in [2.05, 4.69) is 4.98 Å². The van der Waals surface area contributed by atoms with Gasteiger partial charge in [0.05, 0.1) is 18.8 Å². The van der Waals surface area contributed by atoms with Gasteiger partial charge in [0.2, 0.25) is 0 Å². The summed E-state index contributed by atoms with van der Waals surface area (Å²) < 4.78 is 67.5. The molecule has 12 heteroatoms. The fourth-order valence-corrected chi connectivity index (χ4v) is 3.63. The predicted octanol–water partition coefficient (Wildman–Crippen LogP) is 4.25. The largest absolute Gasteiger partial charge is 0.465 e. The summed E-state index contributed by atoms with van der Waals surface area (Å²) in [5.74, 6) is -0.837. The molecule has 1 aliphatic rings. The molecule has 8 nitrogen and oxygen atoms in total. The van der Waals surface area contributed by atoms with Gasteiger partial charge in [-0.25, -0.2) is 14.2 Å². The van der Waals surface area contributed by atoms with Crippen LogP contribution in [0.15, 0.2) is 36.5 Å². The molecule has 182 valence electrons. The van der Waals surface area contributed by atoms with E-state index in [9.17, 15) is 27.5 Å². The number of carbonyl (C=O) groups is 1. The Bertz CT molecular complexity index is 1040. The molecule has 1 N–H and O–H groups in total. The second-order valence-electron chi connectivity index (χ2n) is 7.37. The first-order chi connectivity index (χ1) is 16.2. The highest BCUT2D eigenvalue weighted by Crippen LogP contribution is 2.40. The Morgan fingerprint density at radius 1 is 1.26 bits per heavy atom. The fourth-order valence-electron chi connectivity index (χ4n) is 3.63. The summed E-state index contributed by atoms with van der Waals surface area (Å²) in [6.45, 7) is 1.76. The lowest BCUT2D eigenvalue weighted by molar-refractivity contribution is -0.181. The van der Waals surface area contributed by atoms with E-state index in [1.807, 2.05) is 6.07 Å². The van der Waals surface area contributed by atoms with Crippen molar-refractivity contribution in [3.63, 3.8) is 0 Å². The van der Waals surface area contributed by atoms with Gasteiger partial charge in [0.15, 0.2) is 12.3 Å². The molecule has 1 aromatic heterocycles. The summed E-state index contributed by atoms with van der Waals surface area (Å²) in [6.07, 6.45) is -6.60. The number of hydrogen-bond donors (Lipinski definition) is 1. The molecule has 34 heavy (non-hydrogen) atoms. The van der Waals surface area contributed by atoms with Crippen molar-refractivity contribution in [1.29, 1.82) is 5.26 Å². The number of rotatable bonds is 8.